The Morgan fingerprint density at radius 1 is 0.392 bits per heavy atom. The highest BCUT2D eigenvalue weighted by atomic mass is 15.0. The van der Waals surface area contributed by atoms with Gasteiger partial charge in [0.1, 0.15) is 0 Å². The summed E-state index contributed by atoms with van der Waals surface area (Å²) >= 11 is 0. The van der Waals surface area contributed by atoms with Crippen molar-refractivity contribution in [1.29, 1.82) is 5.26 Å². The molecule has 3 nitrogen and oxygen atoms in total. The Kier molecular flexibility index (Phi) is 7.54. The summed E-state index contributed by atoms with van der Waals surface area (Å²) in [6.45, 7) is 0. The highest BCUT2D eigenvalue weighted by Crippen LogP contribution is 2.38. The van der Waals surface area contributed by atoms with Gasteiger partial charge in [0.15, 0.2) is 0 Å². The zero-order valence-electron chi connectivity index (χ0n) is 27.7. The number of nitrogens with zero attached hydrogens (tertiary/aromatic N) is 3. The molecular formula is C48H31N3. The van der Waals surface area contributed by atoms with Gasteiger partial charge in [-0.05, 0) is 88.0 Å². The first-order chi connectivity index (χ1) is 25.2. The van der Waals surface area contributed by atoms with Crippen LogP contribution in [0, 0.1) is 11.3 Å². The lowest BCUT2D eigenvalue weighted by Gasteiger charge is -2.15. The monoisotopic (exact) mass is 649 g/mol. The van der Waals surface area contributed by atoms with Crippen LogP contribution in [0.3, 0.4) is 0 Å². The van der Waals surface area contributed by atoms with E-state index in [4.69, 9.17) is 4.98 Å². The summed E-state index contributed by atoms with van der Waals surface area (Å²) in [5, 5.41) is 12.5. The molecule has 51 heavy (non-hydrogen) atoms. The highest BCUT2D eigenvalue weighted by Gasteiger charge is 2.17. The van der Waals surface area contributed by atoms with E-state index in [0.717, 1.165) is 61.5 Å². The number of fused-ring (bicyclic) bond motifs is 3. The SMILES string of the molecule is N#Cc1ccccc1-c1cc(-c2cccc(-c3ccccc3)n2)cc(-n2c3ccccc3c3ccc(-c4cccc(-c5ccccc5)c4)cc32)c1. The third-order valence-electron chi connectivity index (χ3n) is 9.63. The van der Waals surface area contributed by atoms with Crippen LogP contribution in [0.5, 0.6) is 0 Å². The van der Waals surface area contributed by atoms with Crippen LogP contribution in [-0.2, 0) is 0 Å². The predicted molar refractivity (Wildman–Crippen MR) is 210 cm³/mol. The van der Waals surface area contributed by atoms with Gasteiger partial charge in [0.2, 0.25) is 0 Å². The first-order valence-electron chi connectivity index (χ1n) is 17.1. The van der Waals surface area contributed by atoms with Crippen LogP contribution in [-0.4, -0.2) is 9.55 Å². The molecule has 0 saturated heterocycles. The molecule has 0 amide bonds. The molecule has 2 heterocycles. The first-order valence-corrected chi connectivity index (χ1v) is 17.1. The third kappa shape index (κ3) is 5.56. The van der Waals surface area contributed by atoms with Crippen molar-refractivity contribution in [2.24, 2.45) is 0 Å². The first kappa shape index (κ1) is 30.1. The molecule has 0 aliphatic carbocycles. The number of hydrogen-bond donors (Lipinski definition) is 0. The van der Waals surface area contributed by atoms with E-state index in [1.807, 2.05) is 42.5 Å². The number of pyridine rings is 1. The van der Waals surface area contributed by atoms with Crippen LogP contribution in [0.1, 0.15) is 5.56 Å². The van der Waals surface area contributed by atoms with Crippen LogP contribution < -0.4 is 0 Å². The molecule has 3 heteroatoms. The fourth-order valence-electron chi connectivity index (χ4n) is 7.18. The number of hydrogen-bond acceptors (Lipinski definition) is 2. The maximum atomic E-state index is 10.1. The summed E-state index contributed by atoms with van der Waals surface area (Å²) in [7, 11) is 0. The molecule has 0 saturated carbocycles. The molecule has 238 valence electrons. The molecule has 9 aromatic rings. The predicted octanol–water partition coefficient (Wildman–Crippen LogP) is 12.4. The van der Waals surface area contributed by atoms with Crippen LogP contribution >= 0.6 is 0 Å². The van der Waals surface area contributed by atoms with Crippen molar-refractivity contribution >= 4 is 21.8 Å². The fourth-order valence-corrected chi connectivity index (χ4v) is 7.18. The number of para-hydroxylation sites is 1. The molecule has 0 N–H and O–H groups in total. The van der Waals surface area contributed by atoms with E-state index >= 15 is 0 Å². The molecule has 0 bridgehead atoms. The Morgan fingerprint density at radius 3 is 1.76 bits per heavy atom. The van der Waals surface area contributed by atoms with Gasteiger partial charge in [-0.1, -0.05) is 133 Å². The van der Waals surface area contributed by atoms with Gasteiger partial charge in [0, 0.05) is 27.6 Å². The standard InChI is InChI=1S/C48H31N3/c49-32-38-17-7-8-20-42(38)39-28-40(46-23-12-22-45(50-46)34-15-5-2-6-16-34)30-41(29-39)51-47-24-10-9-21-43(47)44-26-25-37(31-48(44)51)36-19-11-18-35(27-36)33-13-3-1-4-14-33/h1-31H. The zero-order chi connectivity index (χ0) is 34.1. The highest BCUT2D eigenvalue weighted by molar-refractivity contribution is 6.10. The Hall–Kier alpha value is -7.02. The van der Waals surface area contributed by atoms with E-state index in [2.05, 4.69) is 156 Å². The van der Waals surface area contributed by atoms with Gasteiger partial charge in [0.25, 0.3) is 0 Å². The average Bonchev–Trinajstić information content (AvgIpc) is 3.55. The number of aromatic nitrogens is 2. The molecule has 2 aromatic heterocycles. The second kappa shape index (κ2) is 12.8. The lowest BCUT2D eigenvalue weighted by Crippen LogP contribution is -1.97. The van der Waals surface area contributed by atoms with Crippen molar-refractivity contribution in [2.75, 3.05) is 0 Å². The average molecular weight is 650 g/mol. The maximum Gasteiger partial charge on any atom is 0.0998 e. The quantitative estimate of drug-likeness (QED) is 0.180. The normalized spacial score (nSPS) is 11.1. The second-order valence-electron chi connectivity index (χ2n) is 12.7. The van der Waals surface area contributed by atoms with Gasteiger partial charge in [-0.15, -0.1) is 0 Å². The Morgan fingerprint density at radius 2 is 0.961 bits per heavy atom. The van der Waals surface area contributed by atoms with Crippen molar-refractivity contribution in [3.8, 4) is 67.7 Å². The van der Waals surface area contributed by atoms with Gasteiger partial charge in [-0.3, -0.25) is 0 Å². The number of benzene rings is 7. The summed E-state index contributed by atoms with van der Waals surface area (Å²) in [5.74, 6) is 0. The van der Waals surface area contributed by atoms with Gasteiger partial charge < -0.3 is 4.57 Å². The summed E-state index contributed by atoms with van der Waals surface area (Å²) in [5.41, 5.74) is 14.2. The second-order valence-corrected chi connectivity index (χ2v) is 12.7. The van der Waals surface area contributed by atoms with E-state index in [1.54, 1.807) is 0 Å². The minimum Gasteiger partial charge on any atom is -0.309 e. The molecule has 9 rings (SSSR count). The van der Waals surface area contributed by atoms with Crippen molar-refractivity contribution in [2.45, 2.75) is 0 Å². The summed E-state index contributed by atoms with van der Waals surface area (Å²) in [4.78, 5) is 5.15. The smallest absolute Gasteiger partial charge is 0.0998 e. The molecule has 7 aromatic carbocycles. The number of nitriles is 1. The topological polar surface area (TPSA) is 41.6 Å². The summed E-state index contributed by atoms with van der Waals surface area (Å²) in [6.07, 6.45) is 0. The van der Waals surface area contributed by atoms with Crippen molar-refractivity contribution < 1.29 is 0 Å². The molecule has 0 atom stereocenters. The lowest BCUT2D eigenvalue weighted by atomic mass is 9.96. The van der Waals surface area contributed by atoms with Gasteiger partial charge in [-0.2, -0.15) is 5.26 Å². The van der Waals surface area contributed by atoms with E-state index in [-0.39, 0.29) is 0 Å². The lowest BCUT2D eigenvalue weighted by molar-refractivity contribution is 1.18. The Labute approximate surface area is 297 Å². The maximum absolute atomic E-state index is 10.1. The van der Waals surface area contributed by atoms with Crippen LogP contribution in [0.15, 0.2) is 188 Å². The van der Waals surface area contributed by atoms with E-state index < -0.39 is 0 Å². The molecule has 0 aliphatic heterocycles. The molecule has 0 radical (unpaired) electrons. The fraction of sp³-hybridized carbons (Fsp3) is 0. The molecule has 0 spiro atoms. The van der Waals surface area contributed by atoms with Crippen molar-refractivity contribution in [3.63, 3.8) is 0 Å². The van der Waals surface area contributed by atoms with Gasteiger partial charge in [0.05, 0.1) is 34.1 Å². The molecule has 0 aliphatic rings. The summed E-state index contributed by atoms with van der Waals surface area (Å²) in [6, 6.07) is 67.9. The molecule has 0 unspecified atom stereocenters. The van der Waals surface area contributed by atoms with Crippen LogP contribution in [0.2, 0.25) is 0 Å². The third-order valence-corrected chi connectivity index (χ3v) is 9.63. The van der Waals surface area contributed by atoms with E-state index in [1.165, 1.54) is 21.9 Å². The van der Waals surface area contributed by atoms with Gasteiger partial charge >= 0.3 is 0 Å². The Balaban J connectivity index is 1.28. The zero-order valence-corrected chi connectivity index (χ0v) is 27.7. The Bertz CT molecular complexity index is 2750. The van der Waals surface area contributed by atoms with Crippen LogP contribution in [0.25, 0.3) is 83.4 Å². The van der Waals surface area contributed by atoms with Crippen LogP contribution in [0.4, 0.5) is 0 Å². The van der Waals surface area contributed by atoms with E-state index in [0.29, 0.717) is 5.56 Å². The van der Waals surface area contributed by atoms with Crippen molar-refractivity contribution in [1.82, 2.24) is 9.55 Å². The largest absolute Gasteiger partial charge is 0.309 e. The van der Waals surface area contributed by atoms with Gasteiger partial charge in [-0.25, -0.2) is 4.98 Å². The van der Waals surface area contributed by atoms with Crippen molar-refractivity contribution in [3.05, 3.63) is 194 Å². The number of rotatable bonds is 6. The summed E-state index contributed by atoms with van der Waals surface area (Å²) < 4.78 is 2.36. The minimum atomic E-state index is 0.634. The molecule has 0 fully saturated rings. The molecular weight excluding hydrogens is 619 g/mol. The van der Waals surface area contributed by atoms with E-state index in [9.17, 15) is 5.26 Å². The minimum absolute atomic E-state index is 0.634.